The van der Waals surface area contributed by atoms with Crippen LogP contribution >= 0.6 is 0 Å². The molecule has 0 aromatic heterocycles. The Labute approximate surface area is 147 Å². The van der Waals surface area contributed by atoms with Gasteiger partial charge in [-0.15, -0.1) is 0 Å². The van der Waals surface area contributed by atoms with Crippen molar-refractivity contribution in [1.82, 2.24) is 15.7 Å². The van der Waals surface area contributed by atoms with Crippen LogP contribution in [-0.4, -0.2) is 42.2 Å². The third kappa shape index (κ3) is 3.30. The van der Waals surface area contributed by atoms with Crippen LogP contribution in [0, 0.1) is 17.2 Å². The molecule has 0 bridgehead atoms. The second-order valence-corrected chi connectivity index (χ2v) is 8.05. The first-order valence-corrected chi connectivity index (χ1v) is 9.27. The molecule has 1 spiro atoms. The van der Waals surface area contributed by atoms with Gasteiger partial charge in [-0.3, -0.25) is 14.9 Å². The van der Waals surface area contributed by atoms with Crippen molar-refractivity contribution in [2.75, 3.05) is 26.2 Å². The number of hydrogen-bond donors (Lipinski definition) is 3. The van der Waals surface area contributed by atoms with Crippen LogP contribution in [0.25, 0.3) is 0 Å². The zero-order valence-electron chi connectivity index (χ0n) is 14.5. The molecule has 1 saturated heterocycles. The van der Waals surface area contributed by atoms with Gasteiger partial charge in [-0.25, -0.2) is 9.87 Å². The second-order valence-electron chi connectivity index (χ2n) is 8.05. The van der Waals surface area contributed by atoms with Gasteiger partial charge in [0.05, 0.1) is 0 Å². The third-order valence-corrected chi connectivity index (χ3v) is 6.35. The van der Waals surface area contributed by atoms with Gasteiger partial charge in [-0.05, 0) is 74.2 Å². The van der Waals surface area contributed by atoms with Crippen molar-refractivity contribution in [3.63, 3.8) is 0 Å². The fourth-order valence-corrected chi connectivity index (χ4v) is 5.05. The van der Waals surface area contributed by atoms with E-state index < -0.39 is 5.91 Å². The summed E-state index contributed by atoms with van der Waals surface area (Å²) in [5.41, 5.74) is 3.93. The largest absolute Gasteiger partial charge is 0.317 e. The van der Waals surface area contributed by atoms with Crippen LogP contribution in [0.1, 0.15) is 47.2 Å². The van der Waals surface area contributed by atoms with Crippen LogP contribution in [0.2, 0.25) is 0 Å². The zero-order chi connectivity index (χ0) is 17.4. The van der Waals surface area contributed by atoms with Crippen LogP contribution in [0.3, 0.4) is 0 Å². The average Bonchev–Trinajstić information content (AvgIpc) is 2.61. The smallest absolute Gasteiger partial charge is 0.274 e. The molecule has 1 saturated carbocycles. The third-order valence-electron chi connectivity index (χ3n) is 6.35. The highest BCUT2D eigenvalue weighted by Gasteiger charge is 2.44. The highest BCUT2D eigenvalue weighted by molar-refractivity contribution is 5.93. The number of piperidine rings is 1. The summed E-state index contributed by atoms with van der Waals surface area (Å²) >= 11 is 0. The van der Waals surface area contributed by atoms with Gasteiger partial charge in [0.2, 0.25) is 0 Å². The molecule has 0 radical (unpaired) electrons. The monoisotopic (exact) mass is 347 g/mol. The van der Waals surface area contributed by atoms with Crippen molar-refractivity contribution < 1.29 is 14.4 Å². The number of carbonyl (C=O) groups is 1. The van der Waals surface area contributed by atoms with Crippen molar-refractivity contribution in [1.29, 1.82) is 0 Å². The summed E-state index contributed by atoms with van der Waals surface area (Å²) in [6.45, 7) is 4.87. The topological polar surface area (TPSA) is 64.6 Å². The number of nitrogens with zero attached hydrogens (tertiary/aromatic N) is 1. The molecular weight excluding hydrogens is 321 g/mol. The molecule has 2 fully saturated rings. The predicted molar refractivity (Wildman–Crippen MR) is 91.9 cm³/mol. The minimum atomic E-state index is -0.661. The molecule has 3 aliphatic rings. The number of nitrogens with one attached hydrogen (secondary N) is 2. The van der Waals surface area contributed by atoms with E-state index in [0.29, 0.717) is 17.5 Å². The molecule has 1 aliphatic carbocycles. The van der Waals surface area contributed by atoms with Crippen molar-refractivity contribution in [2.24, 2.45) is 11.3 Å². The van der Waals surface area contributed by atoms with Gasteiger partial charge in [0.25, 0.3) is 5.91 Å². The molecular formula is C19H26FN3O2. The van der Waals surface area contributed by atoms with E-state index in [4.69, 9.17) is 5.21 Å². The number of fused-ring (bicyclic) bond motifs is 1. The lowest BCUT2D eigenvalue weighted by Crippen LogP contribution is -2.49. The van der Waals surface area contributed by atoms with E-state index >= 15 is 0 Å². The minimum absolute atomic E-state index is 0.180. The van der Waals surface area contributed by atoms with Crippen LogP contribution in [0.15, 0.2) is 12.1 Å². The zero-order valence-corrected chi connectivity index (χ0v) is 14.5. The second kappa shape index (κ2) is 6.67. The maximum atomic E-state index is 14.4. The number of hydroxylamine groups is 1. The van der Waals surface area contributed by atoms with E-state index in [1.54, 1.807) is 11.5 Å². The number of hydrogen-bond acceptors (Lipinski definition) is 4. The Bertz CT molecular complexity index is 665. The summed E-state index contributed by atoms with van der Waals surface area (Å²) in [4.78, 5) is 13.9. The number of benzene rings is 1. The van der Waals surface area contributed by atoms with E-state index in [1.807, 2.05) is 0 Å². The molecule has 25 heavy (non-hydrogen) atoms. The number of carbonyl (C=O) groups excluding carboxylic acids is 1. The lowest BCUT2D eigenvalue weighted by atomic mass is 9.57. The molecule has 5 nitrogen and oxygen atoms in total. The van der Waals surface area contributed by atoms with E-state index in [2.05, 4.69) is 10.2 Å². The maximum Gasteiger partial charge on any atom is 0.274 e. The van der Waals surface area contributed by atoms with Crippen LogP contribution in [0.5, 0.6) is 0 Å². The van der Waals surface area contributed by atoms with Gasteiger partial charge in [0, 0.05) is 30.8 Å². The summed E-state index contributed by atoms with van der Waals surface area (Å²) in [6.07, 6.45) is 5.99. The average molecular weight is 347 g/mol. The first kappa shape index (κ1) is 16.9. The molecule has 0 atom stereocenters. The fraction of sp³-hybridized carbons (Fsp3) is 0.632. The van der Waals surface area contributed by atoms with Crippen LogP contribution in [0.4, 0.5) is 4.39 Å². The molecule has 0 unspecified atom stereocenters. The summed E-state index contributed by atoms with van der Waals surface area (Å²) in [5.74, 6) is -0.266. The van der Waals surface area contributed by atoms with Crippen LogP contribution in [-0.2, 0) is 13.0 Å². The highest BCUT2D eigenvalue weighted by atomic mass is 19.1. The van der Waals surface area contributed by atoms with Crippen molar-refractivity contribution >= 4 is 5.91 Å². The molecule has 6 heteroatoms. The van der Waals surface area contributed by atoms with E-state index in [0.717, 1.165) is 44.1 Å². The normalized spacial score (nSPS) is 23.1. The highest BCUT2D eigenvalue weighted by Crippen LogP contribution is 2.51. The van der Waals surface area contributed by atoms with Gasteiger partial charge < -0.3 is 5.32 Å². The Morgan fingerprint density at radius 3 is 2.84 bits per heavy atom. The fourth-order valence-electron chi connectivity index (χ4n) is 5.05. The Morgan fingerprint density at radius 2 is 2.12 bits per heavy atom. The molecule has 1 aromatic carbocycles. The molecule has 3 N–H and O–H groups in total. The Morgan fingerprint density at radius 1 is 1.36 bits per heavy atom. The lowest BCUT2D eigenvalue weighted by molar-refractivity contribution is 0.000267. The lowest BCUT2D eigenvalue weighted by Gasteiger charge is -2.52. The quantitative estimate of drug-likeness (QED) is 0.579. The van der Waals surface area contributed by atoms with Gasteiger partial charge in [-0.1, -0.05) is 0 Å². The summed E-state index contributed by atoms with van der Waals surface area (Å²) in [6, 6.07) is 2.93. The summed E-state index contributed by atoms with van der Waals surface area (Å²) in [5, 5.41) is 12.2. The Kier molecular flexibility index (Phi) is 4.52. The molecule has 136 valence electrons. The standard InChI is InChI=1S/C19H26FN3O2/c20-17-8-15(18(24)22-25)7-14-1-6-23(12-16(14)17)11-13-9-19(10-13)2-4-21-5-3-19/h7-8,13,21,25H,1-6,9-12H2,(H,22,24). The summed E-state index contributed by atoms with van der Waals surface area (Å²) < 4.78 is 14.4. The maximum absolute atomic E-state index is 14.4. The van der Waals surface area contributed by atoms with E-state index in [9.17, 15) is 9.18 Å². The van der Waals surface area contributed by atoms with Gasteiger partial charge in [0.15, 0.2) is 0 Å². The SMILES string of the molecule is O=C(NO)c1cc(F)c2c(c1)CCN(CC1CC3(CCNCC3)C1)C2. The van der Waals surface area contributed by atoms with Crippen LogP contribution < -0.4 is 10.8 Å². The van der Waals surface area contributed by atoms with Gasteiger partial charge in [0.1, 0.15) is 5.82 Å². The first-order chi connectivity index (χ1) is 12.1. The number of amides is 1. The first-order valence-electron chi connectivity index (χ1n) is 9.27. The summed E-state index contributed by atoms with van der Waals surface area (Å²) in [7, 11) is 0. The Balaban J connectivity index is 1.38. The van der Waals surface area contributed by atoms with Gasteiger partial charge in [-0.2, -0.15) is 0 Å². The van der Waals surface area contributed by atoms with E-state index in [1.165, 1.54) is 31.7 Å². The van der Waals surface area contributed by atoms with Crippen molar-refractivity contribution in [3.05, 3.63) is 34.6 Å². The van der Waals surface area contributed by atoms with Crippen molar-refractivity contribution in [3.8, 4) is 0 Å². The van der Waals surface area contributed by atoms with Crippen molar-refractivity contribution in [2.45, 2.75) is 38.6 Å². The Hall–Kier alpha value is -1.50. The molecule has 2 aliphatic heterocycles. The van der Waals surface area contributed by atoms with E-state index in [-0.39, 0.29) is 11.4 Å². The molecule has 1 aromatic rings. The molecule has 2 heterocycles. The molecule has 4 rings (SSSR count). The number of halogens is 1. The number of rotatable bonds is 3. The minimum Gasteiger partial charge on any atom is -0.317 e. The molecule has 1 amide bonds. The van der Waals surface area contributed by atoms with Gasteiger partial charge >= 0.3 is 0 Å². The predicted octanol–water partition coefficient (Wildman–Crippen LogP) is 2.08.